The predicted molar refractivity (Wildman–Crippen MR) is 61.4 cm³/mol. The van der Waals surface area contributed by atoms with Gasteiger partial charge in [-0.2, -0.15) is 0 Å². The molecule has 1 N–H and O–H groups in total. The molecule has 0 fully saturated rings. The molecule has 0 radical (unpaired) electrons. The topological polar surface area (TPSA) is 12.0 Å². The van der Waals surface area contributed by atoms with Crippen molar-refractivity contribution in [3.05, 3.63) is 33.8 Å². The first-order valence-electron chi connectivity index (χ1n) is 4.26. The number of fused-ring (bicyclic) bond motifs is 1. The molecule has 1 nitrogen and oxygen atoms in total. The molecule has 3 heteroatoms. The third-order valence-electron chi connectivity index (χ3n) is 2.34. The standard InChI is InChI=1S/C10H12BrN.ClH/c1-7-4-9-5-10(11)3-2-8(9)6-12-7;/h2-3,5,7,12H,4,6H2,1H3;1H/t7-;/m1./s1. The van der Waals surface area contributed by atoms with Crippen LogP contribution in [0.3, 0.4) is 0 Å². The Morgan fingerprint density at radius 1 is 1.38 bits per heavy atom. The van der Waals surface area contributed by atoms with Gasteiger partial charge in [0.15, 0.2) is 0 Å². The van der Waals surface area contributed by atoms with Crippen LogP contribution in [0, 0.1) is 0 Å². The second-order valence-electron chi connectivity index (χ2n) is 3.40. The van der Waals surface area contributed by atoms with Crippen molar-refractivity contribution in [2.24, 2.45) is 0 Å². The van der Waals surface area contributed by atoms with Crippen LogP contribution in [0.5, 0.6) is 0 Å². The zero-order chi connectivity index (χ0) is 8.55. The van der Waals surface area contributed by atoms with Gasteiger partial charge in [0, 0.05) is 17.1 Å². The highest BCUT2D eigenvalue weighted by Crippen LogP contribution is 2.20. The number of hydrogen-bond donors (Lipinski definition) is 1. The summed E-state index contributed by atoms with van der Waals surface area (Å²) < 4.78 is 1.19. The molecule has 0 aromatic heterocycles. The molecule has 1 aromatic carbocycles. The summed E-state index contributed by atoms with van der Waals surface area (Å²) in [5.74, 6) is 0. The minimum Gasteiger partial charge on any atom is -0.310 e. The molecule has 0 amide bonds. The van der Waals surface area contributed by atoms with E-state index in [0.717, 1.165) is 13.0 Å². The Kier molecular flexibility index (Phi) is 3.77. The molecule has 1 aliphatic rings. The third-order valence-corrected chi connectivity index (χ3v) is 2.83. The van der Waals surface area contributed by atoms with E-state index in [-0.39, 0.29) is 12.4 Å². The Labute approximate surface area is 93.5 Å². The summed E-state index contributed by atoms with van der Waals surface area (Å²) in [6.45, 7) is 3.24. The maximum absolute atomic E-state index is 3.49. The number of hydrogen-bond acceptors (Lipinski definition) is 1. The van der Waals surface area contributed by atoms with Gasteiger partial charge in [0.05, 0.1) is 0 Å². The largest absolute Gasteiger partial charge is 0.310 e. The van der Waals surface area contributed by atoms with E-state index in [4.69, 9.17) is 0 Å². The van der Waals surface area contributed by atoms with Crippen LogP contribution in [0.1, 0.15) is 18.1 Å². The van der Waals surface area contributed by atoms with Crippen molar-refractivity contribution in [1.29, 1.82) is 0 Å². The highest BCUT2D eigenvalue weighted by molar-refractivity contribution is 9.10. The van der Waals surface area contributed by atoms with Gasteiger partial charge in [-0.05, 0) is 36.6 Å². The van der Waals surface area contributed by atoms with Crippen molar-refractivity contribution in [3.8, 4) is 0 Å². The highest BCUT2D eigenvalue weighted by Gasteiger charge is 2.13. The summed E-state index contributed by atoms with van der Waals surface area (Å²) >= 11 is 3.49. The van der Waals surface area contributed by atoms with Crippen LogP contribution in [-0.2, 0) is 13.0 Å². The van der Waals surface area contributed by atoms with Crippen LogP contribution in [0.4, 0.5) is 0 Å². The van der Waals surface area contributed by atoms with Gasteiger partial charge in [0.1, 0.15) is 0 Å². The van der Waals surface area contributed by atoms with Crippen molar-refractivity contribution in [1.82, 2.24) is 5.32 Å². The van der Waals surface area contributed by atoms with E-state index in [0.29, 0.717) is 6.04 Å². The van der Waals surface area contributed by atoms with Crippen molar-refractivity contribution in [2.75, 3.05) is 0 Å². The van der Waals surface area contributed by atoms with E-state index in [9.17, 15) is 0 Å². The van der Waals surface area contributed by atoms with Crippen molar-refractivity contribution >= 4 is 28.3 Å². The SMILES string of the molecule is C[C@@H]1Cc2cc(Br)ccc2CN1.Cl. The van der Waals surface area contributed by atoms with Crippen LogP contribution in [0.25, 0.3) is 0 Å². The summed E-state index contributed by atoms with van der Waals surface area (Å²) in [4.78, 5) is 0. The molecule has 0 saturated carbocycles. The Hall–Kier alpha value is -0.0500. The fraction of sp³-hybridized carbons (Fsp3) is 0.400. The molecule has 0 bridgehead atoms. The molecule has 1 aliphatic heterocycles. The minimum atomic E-state index is 0. The second kappa shape index (κ2) is 4.45. The first kappa shape index (κ1) is 11.0. The van der Waals surface area contributed by atoms with Crippen molar-refractivity contribution < 1.29 is 0 Å². The van der Waals surface area contributed by atoms with Crippen LogP contribution in [0.15, 0.2) is 22.7 Å². The molecule has 13 heavy (non-hydrogen) atoms. The quantitative estimate of drug-likeness (QED) is 0.758. The second-order valence-corrected chi connectivity index (χ2v) is 4.31. The maximum Gasteiger partial charge on any atom is 0.0210 e. The molecule has 1 atom stereocenters. The lowest BCUT2D eigenvalue weighted by Crippen LogP contribution is -2.32. The fourth-order valence-electron chi connectivity index (χ4n) is 1.64. The maximum atomic E-state index is 3.49. The Morgan fingerprint density at radius 3 is 2.92 bits per heavy atom. The summed E-state index contributed by atoms with van der Waals surface area (Å²) in [5, 5.41) is 3.44. The van der Waals surface area contributed by atoms with E-state index in [1.807, 2.05) is 0 Å². The van der Waals surface area contributed by atoms with Gasteiger partial charge < -0.3 is 5.32 Å². The van der Waals surface area contributed by atoms with Crippen LogP contribution >= 0.6 is 28.3 Å². The lowest BCUT2D eigenvalue weighted by atomic mass is 9.97. The molecule has 2 rings (SSSR count). The van der Waals surface area contributed by atoms with E-state index in [2.05, 4.69) is 46.4 Å². The average Bonchev–Trinajstić information content (AvgIpc) is 2.03. The van der Waals surface area contributed by atoms with Gasteiger partial charge >= 0.3 is 0 Å². The predicted octanol–water partition coefficient (Wildman–Crippen LogP) is 2.91. The first-order chi connectivity index (χ1) is 5.75. The molecular formula is C10H13BrClN. The molecule has 72 valence electrons. The van der Waals surface area contributed by atoms with Crippen molar-refractivity contribution in [2.45, 2.75) is 25.9 Å². The molecule has 0 saturated heterocycles. The van der Waals surface area contributed by atoms with Crippen molar-refractivity contribution in [3.63, 3.8) is 0 Å². The van der Waals surface area contributed by atoms with Crippen LogP contribution in [0.2, 0.25) is 0 Å². The molecular weight excluding hydrogens is 249 g/mol. The van der Waals surface area contributed by atoms with Gasteiger partial charge in [-0.25, -0.2) is 0 Å². The molecule has 0 spiro atoms. The summed E-state index contributed by atoms with van der Waals surface area (Å²) in [7, 11) is 0. The monoisotopic (exact) mass is 261 g/mol. The molecule has 0 unspecified atom stereocenters. The van der Waals surface area contributed by atoms with Gasteiger partial charge in [-0.1, -0.05) is 22.0 Å². The van der Waals surface area contributed by atoms with Gasteiger partial charge in [-0.15, -0.1) is 12.4 Å². The van der Waals surface area contributed by atoms with Gasteiger partial charge in [-0.3, -0.25) is 0 Å². The van der Waals surface area contributed by atoms with Gasteiger partial charge in [0.25, 0.3) is 0 Å². The van der Waals surface area contributed by atoms with E-state index < -0.39 is 0 Å². The lowest BCUT2D eigenvalue weighted by molar-refractivity contribution is 0.513. The fourth-order valence-corrected chi connectivity index (χ4v) is 2.05. The average molecular weight is 263 g/mol. The van der Waals surface area contributed by atoms with Crippen LogP contribution < -0.4 is 5.32 Å². The Bertz CT molecular complexity index is 301. The van der Waals surface area contributed by atoms with Crippen LogP contribution in [-0.4, -0.2) is 6.04 Å². The zero-order valence-corrected chi connectivity index (χ0v) is 9.91. The Morgan fingerprint density at radius 2 is 2.15 bits per heavy atom. The van der Waals surface area contributed by atoms with E-state index in [1.165, 1.54) is 15.6 Å². The number of rotatable bonds is 0. The third kappa shape index (κ3) is 2.46. The number of halogens is 2. The van der Waals surface area contributed by atoms with Gasteiger partial charge in [0.2, 0.25) is 0 Å². The number of nitrogens with one attached hydrogen (secondary N) is 1. The summed E-state index contributed by atoms with van der Waals surface area (Å²) in [5.41, 5.74) is 2.92. The molecule has 1 aromatic rings. The first-order valence-corrected chi connectivity index (χ1v) is 5.05. The number of benzene rings is 1. The zero-order valence-electron chi connectivity index (χ0n) is 7.51. The molecule has 1 heterocycles. The minimum absolute atomic E-state index is 0. The van der Waals surface area contributed by atoms with E-state index in [1.54, 1.807) is 0 Å². The molecule has 0 aliphatic carbocycles. The smallest absolute Gasteiger partial charge is 0.0210 e. The summed E-state index contributed by atoms with van der Waals surface area (Å²) in [6, 6.07) is 7.15. The Balaban J connectivity index is 0.000000845. The van der Waals surface area contributed by atoms with E-state index >= 15 is 0 Å². The normalized spacial score (nSPS) is 20.3. The lowest BCUT2D eigenvalue weighted by Gasteiger charge is -2.23. The summed E-state index contributed by atoms with van der Waals surface area (Å²) in [6.07, 6.45) is 1.15. The highest BCUT2D eigenvalue weighted by atomic mass is 79.9.